The molecule has 24 heavy (non-hydrogen) atoms. The summed E-state index contributed by atoms with van der Waals surface area (Å²) >= 11 is 11.7. The molecule has 3 N–H and O–H groups in total. The molecule has 5 nitrogen and oxygen atoms in total. The molecule has 0 bridgehead atoms. The van der Waals surface area contributed by atoms with E-state index in [9.17, 15) is 4.79 Å². The molecule has 0 unspecified atom stereocenters. The van der Waals surface area contributed by atoms with Gasteiger partial charge in [-0.1, -0.05) is 0 Å². The van der Waals surface area contributed by atoms with Gasteiger partial charge in [-0.15, -0.1) is 23.2 Å². The van der Waals surface area contributed by atoms with Crippen molar-refractivity contribution in [2.45, 2.75) is 38.8 Å². The Morgan fingerprint density at radius 1 is 1.29 bits per heavy atom. The molecule has 0 heterocycles. The second-order valence-corrected chi connectivity index (χ2v) is 6.64. The number of aliphatic carboxylic acids is 1. The summed E-state index contributed by atoms with van der Waals surface area (Å²) in [5.74, 6) is 0.812. The van der Waals surface area contributed by atoms with Crippen LogP contribution in [0.1, 0.15) is 25.8 Å². The number of nitrogens with two attached hydrogens (primary N) is 1. The summed E-state index contributed by atoms with van der Waals surface area (Å²) in [4.78, 5) is 12.9. The minimum absolute atomic E-state index is 0.0204. The molecule has 1 atom stereocenters. The number of alkyl halides is 2. The van der Waals surface area contributed by atoms with Crippen molar-refractivity contribution in [2.75, 3.05) is 29.7 Å². The van der Waals surface area contributed by atoms with Crippen molar-refractivity contribution in [1.29, 1.82) is 0 Å². The summed E-state index contributed by atoms with van der Waals surface area (Å²) in [6, 6.07) is 5.37. The molecule has 1 aromatic carbocycles. The summed E-state index contributed by atoms with van der Waals surface area (Å²) in [6.45, 7) is 5.25. The number of carbonyl (C=O) groups is 1. The zero-order valence-electron chi connectivity index (χ0n) is 14.2. The summed E-state index contributed by atoms with van der Waals surface area (Å²) in [6.07, 6.45) is 0.364. The van der Waals surface area contributed by atoms with Crippen LogP contribution in [-0.2, 0) is 11.2 Å². The van der Waals surface area contributed by atoms with Crippen molar-refractivity contribution in [3.8, 4) is 5.75 Å². The molecule has 0 saturated heterocycles. The molecule has 0 fully saturated rings. The number of carboxylic acids is 1. The first-order valence-electron chi connectivity index (χ1n) is 8.01. The van der Waals surface area contributed by atoms with Crippen molar-refractivity contribution in [3.63, 3.8) is 0 Å². The second kappa shape index (κ2) is 10.6. The summed E-state index contributed by atoms with van der Waals surface area (Å²) < 4.78 is 5.83. The number of carboxylic acid groups (broad SMARTS) is 1. The highest BCUT2D eigenvalue weighted by Crippen LogP contribution is 2.27. The lowest BCUT2D eigenvalue weighted by Crippen LogP contribution is -2.29. The Morgan fingerprint density at radius 2 is 1.92 bits per heavy atom. The Balaban J connectivity index is 3.08. The first kappa shape index (κ1) is 20.9. The number of hydrogen-bond donors (Lipinski definition) is 2. The molecule has 0 radical (unpaired) electrons. The predicted octanol–water partition coefficient (Wildman–Crippen LogP) is 3.10. The van der Waals surface area contributed by atoms with Crippen LogP contribution in [0, 0.1) is 0 Å². The molecule has 0 aliphatic rings. The van der Waals surface area contributed by atoms with Crippen LogP contribution in [0.4, 0.5) is 5.69 Å². The lowest BCUT2D eigenvalue weighted by molar-refractivity contribution is -0.137. The van der Waals surface area contributed by atoms with Crippen LogP contribution in [0.5, 0.6) is 5.75 Å². The molecule has 136 valence electrons. The van der Waals surface area contributed by atoms with Gasteiger partial charge in [-0.2, -0.15) is 0 Å². The lowest BCUT2D eigenvalue weighted by Gasteiger charge is -2.25. The lowest BCUT2D eigenvalue weighted by atomic mass is 10.0. The number of ether oxygens (including phenoxy) is 1. The summed E-state index contributed by atoms with van der Waals surface area (Å²) in [5.41, 5.74) is 7.83. The Kier molecular flexibility index (Phi) is 9.26. The maximum Gasteiger partial charge on any atom is 0.304 e. The largest absolute Gasteiger partial charge is 0.491 e. The molecular weight excluding hydrogens is 351 g/mol. The summed E-state index contributed by atoms with van der Waals surface area (Å²) in [5, 5.41) is 8.91. The van der Waals surface area contributed by atoms with Crippen LogP contribution < -0.4 is 15.4 Å². The highest BCUT2D eigenvalue weighted by Gasteiger charge is 2.16. The van der Waals surface area contributed by atoms with Gasteiger partial charge in [-0.3, -0.25) is 4.79 Å². The van der Waals surface area contributed by atoms with E-state index in [4.69, 9.17) is 38.8 Å². The number of anilines is 1. The molecule has 1 aromatic rings. The van der Waals surface area contributed by atoms with Gasteiger partial charge in [0.25, 0.3) is 0 Å². The predicted molar refractivity (Wildman–Crippen MR) is 99.8 cm³/mol. The first-order valence-corrected chi connectivity index (χ1v) is 9.08. The van der Waals surface area contributed by atoms with Gasteiger partial charge in [0.15, 0.2) is 0 Å². The Labute approximate surface area is 153 Å². The average Bonchev–Trinajstić information content (AvgIpc) is 2.47. The van der Waals surface area contributed by atoms with E-state index in [-0.39, 0.29) is 12.5 Å². The standard InChI is InChI=1S/C17H26Cl2N2O3/c1-12(2)24-16-4-3-15(21(7-5-18)8-6-19)10-13(16)9-14(20)11-17(22)23/h3-4,10,12,14H,5-9,11,20H2,1-2H3,(H,22,23)/t14-/m0/s1. The van der Waals surface area contributed by atoms with E-state index >= 15 is 0 Å². The molecule has 0 aliphatic carbocycles. The molecule has 0 saturated carbocycles. The number of rotatable bonds is 11. The highest BCUT2D eigenvalue weighted by atomic mass is 35.5. The van der Waals surface area contributed by atoms with Gasteiger partial charge in [0.05, 0.1) is 12.5 Å². The van der Waals surface area contributed by atoms with Crippen molar-refractivity contribution in [2.24, 2.45) is 5.73 Å². The Morgan fingerprint density at radius 3 is 2.42 bits per heavy atom. The number of nitrogens with zero attached hydrogens (tertiary/aromatic N) is 1. The minimum Gasteiger partial charge on any atom is -0.491 e. The second-order valence-electron chi connectivity index (χ2n) is 5.89. The maximum absolute atomic E-state index is 10.9. The van der Waals surface area contributed by atoms with Crippen molar-refractivity contribution < 1.29 is 14.6 Å². The van der Waals surface area contributed by atoms with E-state index in [1.807, 2.05) is 32.0 Å². The van der Waals surface area contributed by atoms with Gasteiger partial charge in [-0.05, 0) is 44.0 Å². The van der Waals surface area contributed by atoms with Crippen molar-refractivity contribution in [1.82, 2.24) is 0 Å². The van der Waals surface area contributed by atoms with E-state index in [0.717, 1.165) is 17.0 Å². The number of halogens is 2. The highest BCUT2D eigenvalue weighted by molar-refractivity contribution is 6.18. The minimum atomic E-state index is -0.907. The third kappa shape index (κ3) is 7.16. The number of hydrogen-bond acceptors (Lipinski definition) is 4. The number of benzene rings is 1. The van der Waals surface area contributed by atoms with E-state index in [0.29, 0.717) is 31.3 Å². The van der Waals surface area contributed by atoms with Crippen LogP contribution in [0.2, 0.25) is 0 Å². The molecule has 7 heteroatoms. The summed E-state index contributed by atoms with van der Waals surface area (Å²) in [7, 11) is 0. The molecule has 1 rings (SSSR count). The van der Waals surface area contributed by atoms with Crippen LogP contribution >= 0.6 is 23.2 Å². The molecular formula is C17H26Cl2N2O3. The van der Waals surface area contributed by atoms with Crippen LogP contribution in [0.15, 0.2) is 18.2 Å². The molecule has 0 aliphatic heterocycles. The van der Waals surface area contributed by atoms with Crippen molar-refractivity contribution >= 4 is 34.9 Å². The molecule has 0 spiro atoms. The fraction of sp³-hybridized carbons (Fsp3) is 0.588. The zero-order chi connectivity index (χ0) is 18.1. The smallest absolute Gasteiger partial charge is 0.304 e. The SMILES string of the molecule is CC(C)Oc1ccc(N(CCCl)CCCl)cc1C[C@H](N)CC(=O)O. The van der Waals surface area contributed by atoms with Gasteiger partial charge in [0.2, 0.25) is 0 Å². The zero-order valence-corrected chi connectivity index (χ0v) is 15.7. The normalized spacial score (nSPS) is 12.2. The third-order valence-electron chi connectivity index (χ3n) is 3.40. The maximum atomic E-state index is 10.9. The fourth-order valence-electron chi connectivity index (χ4n) is 2.44. The van der Waals surface area contributed by atoms with Gasteiger partial charge < -0.3 is 20.5 Å². The van der Waals surface area contributed by atoms with Crippen LogP contribution in [0.25, 0.3) is 0 Å². The van der Waals surface area contributed by atoms with Gasteiger partial charge in [0.1, 0.15) is 5.75 Å². The van der Waals surface area contributed by atoms with Gasteiger partial charge >= 0.3 is 5.97 Å². The van der Waals surface area contributed by atoms with E-state index in [1.165, 1.54) is 0 Å². The van der Waals surface area contributed by atoms with Gasteiger partial charge in [-0.25, -0.2) is 0 Å². The monoisotopic (exact) mass is 376 g/mol. The van der Waals surface area contributed by atoms with E-state index in [1.54, 1.807) is 0 Å². The Hall–Kier alpha value is -1.17. The average molecular weight is 377 g/mol. The van der Waals surface area contributed by atoms with Crippen LogP contribution in [0.3, 0.4) is 0 Å². The quantitative estimate of drug-likeness (QED) is 0.580. The van der Waals surface area contributed by atoms with Crippen molar-refractivity contribution in [3.05, 3.63) is 23.8 Å². The molecule has 0 amide bonds. The first-order chi connectivity index (χ1) is 11.4. The Bertz CT molecular complexity index is 521. The van der Waals surface area contributed by atoms with Crippen LogP contribution in [-0.4, -0.2) is 48.1 Å². The third-order valence-corrected chi connectivity index (χ3v) is 3.74. The van der Waals surface area contributed by atoms with E-state index < -0.39 is 12.0 Å². The fourth-order valence-corrected chi connectivity index (χ4v) is 2.85. The van der Waals surface area contributed by atoms with E-state index in [2.05, 4.69) is 4.90 Å². The van der Waals surface area contributed by atoms with Gasteiger partial charge in [0, 0.05) is 36.6 Å². The molecule has 0 aromatic heterocycles. The topological polar surface area (TPSA) is 75.8 Å².